The third-order valence-electron chi connectivity index (χ3n) is 5.64. The van der Waals surface area contributed by atoms with Crippen LogP contribution in [0, 0.1) is 0 Å². The fourth-order valence-corrected chi connectivity index (χ4v) is 4.03. The van der Waals surface area contributed by atoms with Crippen LogP contribution in [0.2, 0.25) is 0 Å². The highest BCUT2D eigenvalue weighted by Gasteiger charge is 2.35. The van der Waals surface area contributed by atoms with Gasteiger partial charge in [-0.05, 0) is 48.2 Å². The van der Waals surface area contributed by atoms with Crippen LogP contribution < -0.4 is 4.74 Å². The van der Waals surface area contributed by atoms with Gasteiger partial charge in [-0.1, -0.05) is 24.3 Å². The quantitative estimate of drug-likeness (QED) is 0.726. The van der Waals surface area contributed by atoms with Crippen LogP contribution in [0.3, 0.4) is 0 Å². The summed E-state index contributed by atoms with van der Waals surface area (Å²) in [7, 11) is 1.63. The van der Waals surface area contributed by atoms with Gasteiger partial charge in [0.25, 0.3) is 17.7 Å². The highest BCUT2D eigenvalue weighted by molar-refractivity contribution is 5.99. The lowest BCUT2D eigenvalue weighted by atomic mass is 10.00. The molecule has 0 radical (unpaired) electrons. The smallest absolute Gasteiger partial charge is 0.255 e. The molecule has 0 spiro atoms. The van der Waals surface area contributed by atoms with Gasteiger partial charge in [-0.3, -0.25) is 19.3 Å². The topological polar surface area (TPSA) is 76.2 Å². The molecule has 4 rings (SSSR count). The summed E-state index contributed by atoms with van der Waals surface area (Å²) in [5.74, 6) is 0.173. The first-order chi connectivity index (χ1) is 14.6. The first-order valence-electron chi connectivity index (χ1n) is 10.0. The number of rotatable bonds is 4. The highest BCUT2D eigenvalue weighted by atomic mass is 16.5. The van der Waals surface area contributed by atoms with Crippen molar-refractivity contribution in [2.24, 2.45) is 0 Å². The zero-order valence-corrected chi connectivity index (χ0v) is 16.9. The average Bonchev–Trinajstić information content (AvgIpc) is 2.79. The van der Waals surface area contributed by atoms with Gasteiger partial charge in [-0.15, -0.1) is 0 Å². The molecule has 2 aliphatic heterocycles. The van der Waals surface area contributed by atoms with Gasteiger partial charge in [-0.2, -0.15) is 0 Å². The lowest BCUT2D eigenvalue weighted by Crippen LogP contribution is -2.55. The van der Waals surface area contributed by atoms with Crippen LogP contribution in [0.25, 0.3) is 11.1 Å². The van der Waals surface area contributed by atoms with Gasteiger partial charge < -0.3 is 14.4 Å². The maximum absolute atomic E-state index is 12.9. The number of carbonyl (C=O) groups is 3. The number of ether oxygens (including phenoxy) is 2. The van der Waals surface area contributed by atoms with Crippen molar-refractivity contribution in [3.8, 4) is 16.9 Å². The van der Waals surface area contributed by atoms with E-state index in [2.05, 4.69) is 0 Å². The van der Waals surface area contributed by atoms with Crippen LogP contribution in [0.15, 0.2) is 48.5 Å². The Morgan fingerprint density at radius 2 is 1.63 bits per heavy atom. The Hall–Kier alpha value is -3.19. The van der Waals surface area contributed by atoms with E-state index in [1.807, 2.05) is 48.5 Å². The van der Waals surface area contributed by atoms with Crippen LogP contribution in [0.1, 0.15) is 23.2 Å². The van der Waals surface area contributed by atoms with Crippen LogP contribution >= 0.6 is 0 Å². The van der Waals surface area contributed by atoms with Crippen molar-refractivity contribution in [2.75, 3.05) is 33.4 Å². The molecule has 0 saturated carbocycles. The molecule has 0 atom stereocenters. The molecule has 0 aliphatic carbocycles. The van der Waals surface area contributed by atoms with E-state index in [1.165, 1.54) is 4.90 Å². The number of methoxy groups -OCH3 is 1. The summed E-state index contributed by atoms with van der Waals surface area (Å²) in [6, 6.07) is 15.1. The van der Waals surface area contributed by atoms with Crippen LogP contribution in [-0.4, -0.2) is 67.0 Å². The highest BCUT2D eigenvalue weighted by Crippen LogP contribution is 2.25. The molecular weight excluding hydrogens is 384 g/mol. The van der Waals surface area contributed by atoms with Crippen LogP contribution in [0.5, 0.6) is 5.75 Å². The Labute approximate surface area is 175 Å². The number of piperidine rings is 1. The van der Waals surface area contributed by atoms with E-state index in [-0.39, 0.29) is 37.0 Å². The van der Waals surface area contributed by atoms with Crippen LogP contribution in [0.4, 0.5) is 0 Å². The van der Waals surface area contributed by atoms with E-state index in [9.17, 15) is 14.4 Å². The SMILES string of the molecule is COc1cccc(-c2ccc(C(=O)N3CCC(N4C(=O)COCC4=O)CC3)cc2)c1. The molecular formula is C23H24N2O5. The predicted octanol–water partition coefficient (Wildman–Crippen LogP) is 2.35. The monoisotopic (exact) mass is 408 g/mol. The fourth-order valence-electron chi connectivity index (χ4n) is 4.03. The van der Waals surface area contributed by atoms with Gasteiger partial charge >= 0.3 is 0 Å². The fraction of sp³-hybridized carbons (Fsp3) is 0.348. The zero-order valence-electron chi connectivity index (χ0n) is 16.9. The Morgan fingerprint density at radius 1 is 0.967 bits per heavy atom. The molecule has 156 valence electrons. The second kappa shape index (κ2) is 8.67. The summed E-state index contributed by atoms with van der Waals surface area (Å²) in [5.41, 5.74) is 2.65. The molecule has 0 aromatic heterocycles. The minimum absolute atomic E-state index is 0.0368. The Balaban J connectivity index is 1.39. The summed E-state index contributed by atoms with van der Waals surface area (Å²) in [5, 5.41) is 0. The molecule has 2 aromatic carbocycles. The molecule has 2 heterocycles. The lowest BCUT2D eigenvalue weighted by molar-refractivity contribution is -0.162. The summed E-state index contributed by atoms with van der Waals surface area (Å²) < 4.78 is 10.2. The summed E-state index contributed by atoms with van der Waals surface area (Å²) in [4.78, 5) is 40.1. The number of nitrogens with zero attached hydrogens (tertiary/aromatic N) is 2. The van der Waals surface area contributed by atoms with Gasteiger partial charge in [0, 0.05) is 24.7 Å². The minimum atomic E-state index is -0.288. The normalized spacial score (nSPS) is 17.9. The van der Waals surface area contributed by atoms with Crippen molar-refractivity contribution >= 4 is 17.7 Å². The van der Waals surface area contributed by atoms with E-state index in [0.29, 0.717) is 31.5 Å². The molecule has 2 aromatic rings. The average molecular weight is 408 g/mol. The number of imide groups is 1. The number of likely N-dealkylation sites (tertiary alicyclic amines) is 1. The molecule has 0 unspecified atom stereocenters. The van der Waals surface area contributed by atoms with Crippen LogP contribution in [-0.2, 0) is 14.3 Å². The van der Waals surface area contributed by atoms with E-state index >= 15 is 0 Å². The van der Waals surface area contributed by atoms with Gasteiger partial charge in [0.05, 0.1) is 7.11 Å². The summed E-state index contributed by atoms with van der Waals surface area (Å²) in [6.07, 6.45) is 1.18. The second-order valence-corrected chi connectivity index (χ2v) is 7.48. The molecule has 3 amide bonds. The summed E-state index contributed by atoms with van der Waals surface area (Å²) in [6.45, 7) is 0.924. The second-order valence-electron chi connectivity index (χ2n) is 7.48. The standard InChI is InChI=1S/C23H24N2O5/c1-29-20-4-2-3-18(13-20)16-5-7-17(8-6-16)23(28)24-11-9-19(10-12-24)25-21(26)14-30-15-22(25)27/h2-8,13,19H,9-12,14-15H2,1H3. The van der Waals surface area contributed by atoms with E-state index in [0.717, 1.165) is 16.9 Å². The third kappa shape index (κ3) is 4.07. The number of morpholine rings is 1. The number of carbonyl (C=O) groups excluding carboxylic acids is 3. The molecule has 2 aliphatic rings. The summed E-state index contributed by atoms with van der Waals surface area (Å²) >= 11 is 0. The Bertz CT molecular complexity index is 932. The van der Waals surface area contributed by atoms with Crippen molar-refractivity contribution in [3.05, 3.63) is 54.1 Å². The molecule has 7 nitrogen and oxygen atoms in total. The molecule has 0 N–H and O–H groups in total. The molecule has 7 heteroatoms. The zero-order chi connectivity index (χ0) is 21.1. The maximum Gasteiger partial charge on any atom is 0.255 e. The van der Waals surface area contributed by atoms with Crippen molar-refractivity contribution in [1.82, 2.24) is 9.80 Å². The first kappa shape index (κ1) is 20.1. The van der Waals surface area contributed by atoms with Gasteiger partial charge in [0.1, 0.15) is 19.0 Å². The molecule has 0 bridgehead atoms. The minimum Gasteiger partial charge on any atom is -0.497 e. The van der Waals surface area contributed by atoms with Gasteiger partial charge in [-0.25, -0.2) is 0 Å². The number of benzene rings is 2. The maximum atomic E-state index is 12.9. The Morgan fingerprint density at radius 3 is 2.27 bits per heavy atom. The lowest BCUT2D eigenvalue weighted by Gasteiger charge is -2.38. The van der Waals surface area contributed by atoms with E-state index in [1.54, 1.807) is 12.0 Å². The number of hydrogen-bond donors (Lipinski definition) is 0. The third-order valence-corrected chi connectivity index (χ3v) is 5.64. The number of hydrogen-bond acceptors (Lipinski definition) is 5. The first-order valence-corrected chi connectivity index (χ1v) is 10.0. The van der Waals surface area contributed by atoms with Crippen molar-refractivity contribution in [1.29, 1.82) is 0 Å². The van der Waals surface area contributed by atoms with Crippen molar-refractivity contribution in [3.63, 3.8) is 0 Å². The largest absolute Gasteiger partial charge is 0.497 e. The Kier molecular flexibility index (Phi) is 5.81. The molecule has 2 fully saturated rings. The predicted molar refractivity (Wildman–Crippen MR) is 110 cm³/mol. The van der Waals surface area contributed by atoms with Gasteiger partial charge in [0.2, 0.25) is 0 Å². The van der Waals surface area contributed by atoms with Gasteiger partial charge in [0.15, 0.2) is 0 Å². The molecule has 30 heavy (non-hydrogen) atoms. The van der Waals surface area contributed by atoms with Crippen molar-refractivity contribution < 1.29 is 23.9 Å². The van der Waals surface area contributed by atoms with E-state index < -0.39 is 0 Å². The van der Waals surface area contributed by atoms with Crippen molar-refractivity contribution in [2.45, 2.75) is 18.9 Å². The van der Waals surface area contributed by atoms with E-state index in [4.69, 9.17) is 9.47 Å². The number of amides is 3. The molecule has 2 saturated heterocycles.